The van der Waals surface area contributed by atoms with Gasteiger partial charge in [0, 0.05) is 11.9 Å². The molecule has 7 nitrogen and oxygen atoms in total. The first-order valence-electron chi connectivity index (χ1n) is 9.26. The molecule has 12 heteroatoms. The van der Waals surface area contributed by atoms with Gasteiger partial charge in [0.25, 0.3) is 11.8 Å². The lowest BCUT2D eigenvalue weighted by atomic mass is 10.2. The van der Waals surface area contributed by atoms with Crippen LogP contribution in [0.3, 0.4) is 0 Å². The van der Waals surface area contributed by atoms with Gasteiger partial charge in [-0.05, 0) is 61.4 Å². The molecule has 2 aromatic carbocycles. The van der Waals surface area contributed by atoms with Crippen LogP contribution in [0.2, 0.25) is 0 Å². The number of alkyl halides is 3. The van der Waals surface area contributed by atoms with E-state index < -0.39 is 44.9 Å². The molecule has 33 heavy (non-hydrogen) atoms. The van der Waals surface area contributed by atoms with E-state index in [0.717, 1.165) is 18.4 Å². The summed E-state index contributed by atoms with van der Waals surface area (Å²) >= 11 is 0. The van der Waals surface area contributed by atoms with Crippen LogP contribution in [0.5, 0.6) is 11.6 Å². The van der Waals surface area contributed by atoms with E-state index in [0.29, 0.717) is 17.2 Å². The van der Waals surface area contributed by atoms with E-state index in [1.54, 1.807) is 6.92 Å². The molecule has 0 spiro atoms. The van der Waals surface area contributed by atoms with Crippen molar-refractivity contribution >= 4 is 21.4 Å². The highest BCUT2D eigenvalue weighted by Gasteiger charge is 2.35. The predicted molar refractivity (Wildman–Crippen MR) is 110 cm³/mol. The number of anilines is 1. The Balaban J connectivity index is 2.03. The highest BCUT2D eigenvalue weighted by Crippen LogP contribution is 2.32. The third-order valence-electron chi connectivity index (χ3n) is 4.48. The van der Waals surface area contributed by atoms with E-state index in [2.05, 4.69) is 15.5 Å². The largest absolute Gasteiger partial charge is 0.437 e. The van der Waals surface area contributed by atoms with Crippen molar-refractivity contribution in [3.63, 3.8) is 0 Å². The maximum atomic E-state index is 13.3. The molecule has 1 amide bonds. The summed E-state index contributed by atoms with van der Waals surface area (Å²) in [4.78, 5) is 12.8. The zero-order valence-corrected chi connectivity index (χ0v) is 18.3. The monoisotopic (exact) mass is 483 g/mol. The number of nitrogens with zero attached hydrogens (tertiary/aromatic N) is 2. The molecule has 0 aliphatic heterocycles. The fraction of sp³-hybridized carbons (Fsp3) is 0.190. The molecule has 3 rings (SSSR count). The maximum Gasteiger partial charge on any atom is 0.435 e. The predicted octanol–water partition coefficient (Wildman–Crippen LogP) is 4.70. The molecular formula is C21H17F4N3O4S. The summed E-state index contributed by atoms with van der Waals surface area (Å²) in [6, 6.07) is 7.91. The van der Waals surface area contributed by atoms with E-state index in [-0.39, 0.29) is 16.3 Å². The summed E-state index contributed by atoms with van der Waals surface area (Å²) in [5.41, 5.74) is -1.28. The number of nitrogens with one attached hydrogen (secondary N) is 1. The number of hydrogen-bond donors (Lipinski definition) is 1. The van der Waals surface area contributed by atoms with Crippen molar-refractivity contribution in [1.82, 2.24) is 10.2 Å². The summed E-state index contributed by atoms with van der Waals surface area (Å²) < 4.78 is 82.2. The number of carbonyl (C=O) groups is 1. The van der Waals surface area contributed by atoms with Crippen LogP contribution in [0, 0.1) is 19.7 Å². The molecule has 0 bridgehead atoms. The standard InChI is InChI=1S/C21H17F4N3O4S/c1-11-4-6-14(9-17(11)33(3,30)31)26-19(29)15-10-18(21(23,24)25)27-28-20(15)32-16-7-5-13(22)8-12(16)2/h4-10H,1-3H3,(H,26,29). The van der Waals surface area contributed by atoms with Crippen LogP contribution in [0.25, 0.3) is 0 Å². The van der Waals surface area contributed by atoms with Gasteiger partial charge in [0.2, 0.25) is 0 Å². The molecule has 0 saturated heterocycles. The molecule has 1 aromatic heterocycles. The van der Waals surface area contributed by atoms with Crippen molar-refractivity contribution in [3.05, 3.63) is 70.7 Å². The van der Waals surface area contributed by atoms with Crippen molar-refractivity contribution in [2.45, 2.75) is 24.9 Å². The van der Waals surface area contributed by atoms with Gasteiger partial charge in [-0.1, -0.05) is 6.07 Å². The molecular weight excluding hydrogens is 466 g/mol. The van der Waals surface area contributed by atoms with Gasteiger partial charge in [-0.25, -0.2) is 12.8 Å². The van der Waals surface area contributed by atoms with Gasteiger partial charge in [0.1, 0.15) is 17.1 Å². The van der Waals surface area contributed by atoms with Crippen molar-refractivity contribution < 1.29 is 35.5 Å². The van der Waals surface area contributed by atoms with E-state index in [1.807, 2.05) is 0 Å². The van der Waals surface area contributed by atoms with Crippen LogP contribution in [0.4, 0.5) is 23.2 Å². The van der Waals surface area contributed by atoms with Crippen molar-refractivity contribution in [2.75, 3.05) is 11.6 Å². The molecule has 174 valence electrons. The van der Waals surface area contributed by atoms with Gasteiger partial charge in [-0.2, -0.15) is 13.2 Å². The van der Waals surface area contributed by atoms with Gasteiger partial charge < -0.3 is 10.1 Å². The second-order valence-corrected chi connectivity index (χ2v) is 9.15. The lowest BCUT2D eigenvalue weighted by Crippen LogP contribution is -2.18. The molecule has 3 aromatic rings. The van der Waals surface area contributed by atoms with Crippen molar-refractivity contribution in [1.29, 1.82) is 0 Å². The summed E-state index contributed by atoms with van der Waals surface area (Å²) in [6.07, 6.45) is -3.90. The molecule has 0 saturated carbocycles. The molecule has 0 atom stereocenters. The van der Waals surface area contributed by atoms with Crippen LogP contribution in [-0.2, 0) is 16.0 Å². The third-order valence-corrected chi connectivity index (χ3v) is 5.72. The van der Waals surface area contributed by atoms with Crippen LogP contribution in [0.1, 0.15) is 27.2 Å². The first kappa shape index (κ1) is 24.1. The Morgan fingerprint density at radius 3 is 2.30 bits per heavy atom. The Kier molecular flexibility index (Phi) is 6.41. The van der Waals surface area contributed by atoms with Crippen molar-refractivity contribution in [2.24, 2.45) is 0 Å². The fourth-order valence-electron chi connectivity index (χ4n) is 2.86. The molecule has 0 aliphatic carbocycles. The number of sulfone groups is 1. The number of ether oxygens (including phenoxy) is 1. The number of aromatic nitrogens is 2. The van der Waals surface area contributed by atoms with Crippen LogP contribution >= 0.6 is 0 Å². The molecule has 0 unspecified atom stereocenters. The van der Waals surface area contributed by atoms with Crippen LogP contribution in [-0.4, -0.2) is 30.8 Å². The highest BCUT2D eigenvalue weighted by atomic mass is 32.2. The normalized spacial score (nSPS) is 11.8. The van der Waals surface area contributed by atoms with Gasteiger partial charge in [-0.3, -0.25) is 4.79 Å². The Hall–Kier alpha value is -3.54. The molecule has 0 fully saturated rings. The minimum atomic E-state index is -4.89. The minimum absolute atomic E-state index is 0.0281. The Morgan fingerprint density at radius 2 is 1.70 bits per heavy atom. The van der Waals surface area contributed by atoms with Crippen LogP contribution < -0.4 is 10.1 Å². The van der Waals surface area contributed by atoms with E-state index >= 15 is 0 Å². The maximum absolute atomic E-state index is 13.3. The first-order valence-corrected chi connectivity index (χ1v) is 11.2. The van der Waals surface area contributed by atoms with E-state index in [9.17, 15) is 30.8 Å². The zero-order chi connectivity index (χ0) is 24.6. The third kappa shape index (κ3) is 5.64. The quantitative estimate of drug-likeness (QED) is 0.529. The second-order valence-electron chi connectivity index (χ2n) is 7.16. The number of aryl methyl sites for hydroxylation is 2. The Bertz CT molecular complexity index is 1340. The lowest BCUT2D eigenvalue weighted by Gasteiger charge is -2.14. The number of benzene rings is 2. The van der Waals surface area contributed by atoms with Gasteiger partial charge in [-0.15, -0.1) is 10.2 Å². The van der Waals surface area contributed by atoms with E-state index in [4.69, 9.17) is 4.74 Å². The Morgan fingerprint density at radius 1 is 1.00 bits per heavy atom. The number of hydrogen-bond acceptors (Lipinski definition) is 6. The average Bonchev–Trinajstić information content (AvgIpc) is 2.70. The SMILES string of the molecule is Cc1cc(F)ccc1Oc1nnc(C(F)(F)F)cc1C(=O)Nc1ccc(C)c(S(C)(=O)=O)c1. The molecule has 1 N–H and O–H groups in total. The number of amides is 1. The van der Waals surface area contributed by atoms with Gasteiger partial charge in [0.05, 0.1) is 4.90 Å². The van der Waals surface area contributed by atoms with Crippen LogP contribution in [0.15, 0.2) is 47.4 Å². The Labute approximate surface area is 186 Å². The summed E-state index contributed by atoms with van der Waals surface area (Å²) in [7, 11) is -3.62. The summed E-state index contributed by atoms with van der Waals surface area (Å²) in [5, 5.41) is 8.81. The van der Waals surface area contributed by atoms with Crippen molar-refractivity contribution in [3.8, 4) is 11.6 Å². The second kappa shape index (κ2) is 8.77. The minimum Gasteiger partial charge on any atom is -0.437 e. The summed E-state index contributed by atoms with van der Waals surface area (Å²) in [5.74, 6) is -2.11. The van der Waals surface area contributed by atoms with Gasteiger partial charge >= 0.3 is 6.18 Å². The number of rotatable bonds is 5. The smallest absolute Gasteiger partial charge is 0.435 e. The number of halogens is 4. The molecule has 0 aliphatic rings. The van der Waals surface area contributed by atoms with E-state index in [1.165, 1.54) is 31.2 Å². The fourth-order valence-corrected chi connectivity index (χ4v) is 3.86. The topological polar surface area (TPSA) is 98.2 Å². The molecule has 0 radical (unpaired) electrons. The molecule has 1 heterocycles. The first-order chi connectivity index (χ1) is 15.3. The highest BCUT2D eigenvalue weighted by molar-refractivity contribution is 7.90. The number of carbonyl (C=O) groups excluding carboxylic acids is 1. The average molecular weight is 483 g/mol. The van der Waals surface area contributed by atoms with Gasteiger partial charge in [0.15, 0.2) is 15.5 Å². The zero-order valence-electron chi connectivity index (χ0n) is 17.5. The lowest BCUT2D eigenvalue weighted by molar-refractivity contribution is -0.141. The summed E-state index contributed by atoms with van der Waals surface area (Å²) in [6.45, 7) is 3.05.